The van der Waals surface area contributed by atoms with Gasteiger partial charge in [0, 0.05) is 29.0 Å². The summed E-state index contributed by atoms with van der Waals surface area (Å²) in [6.07, 6.45) is 3.52. The quantitative estimate of drug-likeness (QED) is 0.471. The Kier molecular flexibility index (Phi) is 4.44. The van der Waals surface area contributed by atoms with Crippen LogP contribution in [0.2, 0.25) is 0 Å². The number of anilines is 1. The Morgan fingerprint density at radius 3 is 2.68 bits per heavy atom. The predicted octanol–water partition coefficient (Wildman–Crippen LogP) is 3.50. The zero-order valence-corrected chi connectivity index (χ0v) is 16.5. The first-order valence-electron chi connectivity index (χ1n) is 9.54. The van der Waals surface area contributed by atoms with Crippen molar-refractivity contribution in [3.8, 4) is 17.0 Å². The molecule has 8 nitrogen and oxygen atoms in total. The molecule has 5 rings (SSSR count). The number of hydrogen-bond donors (Lipinski definition) is 2. The van der Waals surface area contributed by atoms with Gasteiger partial charge in [0.2, 0.25) is 0 Å². The minimum Gasteiger partial charge on any atom is -0.497 e. The van der Waals surface area contributed by atoms with Crippen LogP contribution in [0.4, 0.5) is 5.69 Å². The summed E-state index contributed by atoms with van der Waals surface area (Å²) in [5, 5.41) is 10.8. The average molecular weight is 411 g/mol. The van der Waals surface area contributed by atoms with Crippen molar-refractivity contribution in [2.45, 2.75) is 0 Å². The van der Waals surface area contributed by atoms with Crippen LogP contribution in [0, 0.1) is 0 Å². The number of amides is 1. The number of fused-ring (bicyclic) bond motifs is 2. The van der Waals surface area contributed by atoms with E-state index < -0.39 is 0 Å². The lowest BCUT2D eigenvalue weighted by Gasteiger charge is -2.08. The lowest BCUT2D eigenvalue weighted by atomic mass is 10.0. The van der Waals surface area contributed by atoms with Crippen molar-refractivity contribution >= 4 is 28.0 Å². The molecular formula is C23H17N5O3. The molecule has 2 N–H and O–H groups in total. The summed E-state index contributed by atoms with van der Waals surface area (Å²) in [5.74, 6) is 0.302. The van der Waals surface area contributed by atoms with Crippen LogP contribution in [-0.4, -0.2) is 32.6 Å². The highest BCUT2D eigenvalue weighted by molar-refractivity contribution is 6.03. The highest BCUT2D eigenvalue weighted by Crippen LogP contribution is 2.27. The van der Waals surface area contributed by atoms with E-state index in [1.54, 1.807) is 42.0 Å². The van der Waals surface area contributed by atoms with E-state index in [1.165, 1.54) is 0 Å². The van der Waals surface area contributed by atoms with Gasteiger partial charge in [-0.2, -0.15) is 5.10 Å². The highest BCUT2D eigenvalue weighted by Gasteiger charge is 2.13. The normalized spacial score (nSPS) is 11.0. The first-order chi connectivity index (χ1) is 15.1. The van der Waals surface area contributed by atoms with Crippen molar-refractivity contribution in [2.24, 2.45) is 0 Å². The summed E-state index contributed by atoms with van der Waals surface area (Å²) in [6.45, 7) is 0. The van der Waals surface area contributed by atoms with Crippen molar-refractivity contribution < 1.29 is 9.53 Å². The number of carbonyl (C=O) groups excluding carboxylic acids is 1. The van der Waals surface area contributed by atoms with Crippen molar-refractivity contribution in [1.82, 2.24) is 19.6 Å². The molecule has 0 aliphatic heterocycles. The molecule has 31 heavy (non-hydrogen) atoms. The van der Waals surface area contributed by atoms with Gasteiger partial charge in [0.05, 0.1) is 18.2 Å². The number of pyridine rings is 1. The number of carbonyl (C=O) groups is 1. The lowest BCUT2D eigenvalue weighted by Crippen LogP contribution is -2.12. The van der Waals surface area contributed by atoms with Crippen LogP contribution in [-0.2, 0) is 0 Å². The van der Waals surface area contributed by atoms with E-state index in [0.29, 0.717) is 39.2 Å². The summed E-state index contributed by atoms with van der Waals surface area (Å²) in [7, 11) is 1.55. The van der Waals surface area contributed by atoms with Crippen molar-refractivity contribution in [1.29, 1.82) is 0 Å². The molecule has 1 amide bonds. The molecule has 0 bridgehead atoms. The Morgan fingerprint density at radius 1 is 1.06 bits per heavy atom. The summed E-state index contributed by atoms with van der Waals surface area (Å²) < 4.78 is 7.00. The number of benzene rings is 2. The van der Waals surface area contributed by atoms with Crippen LogP contribution >= 0.6 is 0 Å². The number of imidazole rings is 1. The van der Waals surface area contributed by atoms with Crippen molar-refractivity contribution in [2.75, 3.05) is 12.4 Å². The first kappa shape index (κ1) is 18.6. The molecule has 0 fully saturated rings. The van der Waals surface area contributed by atoms with Gasteiger partial charge in [-0.25, -0.2) is 10.1 Å². The zero-order valence-electron chi connectivity index (χ0n) is 16.5. The van der Waals surface area contributed by atoms with Crippen LogP contribution in [0.1, 0.15) is 10.5 Å². The van der Waals surface area contributed by atoms with Gasteiger partial charge in [-0.05, 0) is 42.5 Å². The standard InChI is InChI=1S/C23H17N5O3/c1-31-16-9-10-17-18(12-16)22(29)27-26-21(17)14-5-7-15(8-6-14)24-23(30)19-13-28-11-3-2-4-20(28)25-19/h2-13H,1H3,(H,24,30)(H,27,29). The van der Waals surface area contributed by atoms with Gasteiger partial charge < -0.3 is 14.5 Å². The third-order valence-electron chi connectivity index (χ3n) is 5.01. The Morgan fingerprint density at radius 2 is 1.90 bits per heavy atom. The molecule has 0 unspecified atom stereocenters. The molecule has 0 saturated carbocycles. The molecule has 0 spiro atoms. The fourth-order valence-electron chi connectivity index (χ4n) is 3.44. The number of rotatable bonds is 4. The second-order valence-electron chi connectivity index (χ2n) is 6.94. The SMILES string of the molecule is COc1ccc2c(-c3ccc(NC(=O)c4cn5ccccc5n4)cc3)n[nH]c(=O)c2c1. The first-order valence-corrected chi connectivity index (χ1v) is 9.54. The van der Waals surface area contributed by atoms with Gasteiger partial charge in [-0.3, -0.25) is 9.59 Å². The van der Waals surface area contributed by atoms with Crippen LogP contribution < -0.4 is 15.6 Å². The lowest BCUT2D eigenvalue weighted by molar-refractivity contribution is 0.102. The van der Waals surface area contributed by atoms with E-state index in [-0.39, 0.29) is 11.5 Å². The summed E-state index contributed by atoms with van der Waals surface area (Å²) in [4.78, 5) is 29.1. The summed E-state index contributed by atoms with van der Waals surface area (Å²) in [5.41, 5.74) is 2.82. The maximum absolute atomic E-state index is 12.6. The van der Waals surface area contributed by atoms with Crippen LogP contribution in [0.15, 0.2) is 77.9 Å². The summed E-state index contributed by atoms with van der Waals surface area (Å²) >= 11 is 0. The van der Waals surface area contributed by atoms with Crippen LogP contribution in [0.5, 0.6) is 5.75 Å². The van der Waals surface area contributed by atoms with Gasteiger partial charge in [-0.15, -0.1) is 0 Å². The molecule has 8 heteroatoms. The van der Waals surface area contributed by atoms with E-state index in [9.17, 15) is 9.59 Å². The number of nitrogens with one attached hydrogen (secondary N) is 2. The fraction of sp³-hybridized carbons (Fsp3) is 0.0435. The van der Waals surface area contributed by atoms with Gasteiger partial charge in [-0.1, -0.05) is 18.2 Å². The molecule has 0 saturated heterocycles. The van der Waals surface area contributed by atoms with E-state index in [4.69, 9.17) is 4.74 Å². The summed E-state index contributed by atoms with van der Waals surface area (Å²) in [6, 6.07) is 18.1. The van der Waals surface area contributed by atoms with E-state index >= 15 is 0 Å². The Hall–Kier alpha value is -4.46. The van der Waals surface area contributed by atoms with Gasteiger partial charge >= 0.3 is 0 Å². The zero-order chi connectivity index (χ0) is 21.4. The molecule has 0 aliphatic rings. The Labute approximate surface area is 176 Å². The molecule has 2 aromatic carbocycles. The number of hydrogen-bond acceptors (Lipinski definition) is 5. The van der Waals surface area contributed by atoms with Crippen molar-refractivity contribution in [3.63, 3.8) is 0 Å². The van der Waals surface area contributed by atoms with Gasteiger partial charge in [0.15, 0.2) is 0 Å². The third-order valence-corrected chi connectivity index (χ3v) is 5.01. The number of aromatic nitrogens is 4. The smallest absolute Gasteiger partial charge is 0.275 e. The fourth-order valence-corrected chi connectivity index (χ4v) is 3.44. The van der Waals surface area contributed by atoms with E-state index in [2.05, 4.69) is 20.5 Å². The van der Waals surface area contributed by atoms with Crippen LogP contribution in [0.3, 0.4) is 0 Å². The molecule has 0 radical (unpaired) electrons. The largest absolute Gasteiger partial charge is 0.497 e. The molecule has 0 aliphatic carbocycles. The van der Waals surface area contributed by atoms with E-state index in [0.717, 1.165) is 5.56 Å². The molecule has 5 aromatic rings. The second-order valence-corrected chi connectivity index (χ2v) is 6.94. The Bertz CT molecular complexity index is 1450. The minimum absolute atomic E-state index is 0.283. The maximum atomic E-state index is 12.6. The molecule has 152 valence electrons. The van der Waals surface area contributed by atoms with Gasteiger partial charge in [0.25, 0.3) is 11.5 Å². The third kappa shape index (κ3) is 3.40. The van der Waals surface area contributed by atoms with E-state index in [1.807, 2.05) is 42.6 Å². The number of methoxy groups -OCH3 is 1. The predicted molar refractivity (Wildman–Crippen MR) is 117 cm³/mol. The van der Waals surface area contributed by atoms with Gasteiger partial charge in [0.1, 0.15) is 17.1 Å². The molecule has 0 atom stereocenters. The topological polar surface area (TPSA) is 101 Å². The van der Waals surface area contributed by atoms with Crippen molar-refractivity contribution in [3.05, 3.63) is 89.1 Å². The molecular weight excluding hydrogens is 394 g/mol. The van der Waals surface area contributed by atoms with Crippen LogP contribution in [0.25, 0.3) is 27.7 Å². The Balaban J connectivity index is 1.43. The number of aromatic amines is 1. The number of ether oxygens (including phenoxy) is 1. The average Bonchev–Trinajstić information content (AvgIpc) is 3.24. The number of H-pyrrole nitrogens is 1. The molecule has 3 heterocycles. The monoisotopic (exact) mass is 411 g/mol. The maximum Gasteiger partial charge on any atom is 0.275 e. The highest BCUT2D eigenvalue weighted by atomic mass is 16.5. The molecule has 3 aromatic heterocycles. The minimum atomic E-state index is -0.295. The second kappa shape index (κ2) is 7.42. The number of nitrogens with zero attached hydrogens (tertiary/aromatic N) is 3.